The Morgan fingerprint density at radius 2 is 2.08 bits per heavy atom. The van der Waals surface area contributed by atoms with E-state index in [4.69, 9.17) is 4.74 Å². The number of nitrogens with zero attached hydrogens (tertiary/aromatic N) is 3. The Kier molecular flexibility index (Phi) is 4.52. The molecule has 2 aromatic heterocycles. The van der Waals surface area contributed by atoms with Crippen molar-refractivity contribution in [1.82, 2.24) is 14.5 Å². The highest BCUT2D eigenvalue weighted by molar-refractivity contribution is 7.18. The molecule has 1 saturated heterocycles. The van der Waals surface area contributed by atoms with E-state index in [2.05, 4.69) is 4.98 Å². The minimum atomic E-state index is -0.214. The third-order valence-electron chi connectivity index (χ3n) is 5.38. The van der Waals surface area contributed by atoms with Gasteiger partial charge in [-0.15, -0.1) is 11.3 Å². The third kappa shape index (κ3) is 2.92. The van der Waals surface area contributed by atoms with E-state index in [1.165, 1.54) is 22.9 Å². The molecule has 1 amide bonds. The van der Waals surface area contributed by atoms with Gasteiger partial charge in [-0.3, -0.25) is 19.0 Å². The number of likely N-dealkylation sites (tertiary alicyclic amines) is 1. The normalized spacial score (nSPS) is 17.5. The quantitative estimate of drug-likeness (QED) is 0.757. The van der Waals surface area contributed by atoms with Crippen LogP contribution >= 0.6 is 11.3 Å². The fourth-order valence-electron chi connectivity index (χ4n) is 3.91. The maximum absolute atomic E-state index is 12.8. The summed E-state index contributed by atoms with van der Waals surface area (Å²) in [5, 5.41) is 0.696. The standard InChI is InChI=1S/C18H21N3O4S/c1-25-18(24)11-5-7-20(8-6-11)14(22)9-21-10-19-16-15(17(21)23)12-3-2-4-13(12)26-16/h10-11H,2-9H2,1H3. The van der Waals surface area contributed by atoms with Crippen LogP contribution in [-0.2, 0) is 33.7 Å². The molecule has 1 fully saturated rings. The van der Waals surface area contributed by atoms with Crippen molar-refractivity contribution in [3.8, 4) is 0 Å². The topological polar surface area (TPSA) is 81.5 Å². The van der Waals surface area contributed by atoms with Gasteiger partial charge in [0.15, 0.2) is 0 Å². The number of amides is 1. The van der Waals surface area contributed by atoms with E-state index < -0.39 is 0 Å². The molecule has 26 heavy (non-hydrogen) atoms. The first kappa shape index (κ1) is 17.2. The van der Waals surface area contributed by atoms with E-state index in [-0.39, 0.29) is 29.9 Å². The number of rotatable bonds is 3. The summed E-state index contributed by atoms with van der Waals surface area (Å²) in [6.07, 6.45) is 5.70. The zero-order valence-electron chi connectivity index (χ0n) is 14.7. The smallest absolute Gasteiger partial charge is 0.308 e. The molecule has 2 aliphatic rings. The lowest BCUT2D eigenvalue weighted by Gasteiger charge is -2.30. The summed E-state index contributed by atoms with van der Waals surface area (Å²) in [5.74, 6) is -0.462. The van der Waals surface area contributed by atoms with Crippen LogP contribution in [0.15, 0.2) is 11.1 Å². The van der Waals surface area contributed by atoms with Crippen molar-refractivity contribution >= 4 is 33.4 Å². The molecule has 138 valence electrons. The maximum Gasteiger partial charge on any atom is 0.308 e. The van der Waals surface area contributed by atoms with E-state index in [1.54, 1.807) is 16.2 Å². The Labute approximate surface area is 154 Å². The van der Waals surface area contributed by atoms with Crippen LogP contribution in [0.1, 0.15) is 29.7 Å². The number of piperidine rings is 1. The third-order valence-corrected chi connectivity index (χ3v) is 6.58. The van der Waals surface area contributed by atoms with Gasteiger partial charge < -0.3 is 9.64 Å². The molecule has 0 radical (unpaired) electrons. The lowest BCUT2D eigenvalue weighted by atomic mass is 9.97. The summed E-state index contributed by atoms with van der Waals surface area (Å²) in [4.78, 5) is 45.2. The summed E-state index contributed by atoms with van der Waals surface area (Å²) >= 11 is 1.60. The van der Waals surface area contributed by atoms with Crippen LogP contribution in [0, 0.1) is 5.92 Å². The predicted octanol–water partition coefficient (Wildman–Crippen LogP) is 1.36. The van der Waals surface area contributed by atoms with Crippen molar-refractivity contribution < 1.29 is 14.3 Å². The minimum absolute atomic E-state index is 0.00468. The SMILES string of the molecule is COC(=O)C1CCN(C(=O)Cn2cnc3sc4c(c3c2=O)CCC4)CC1. The first-order valence-electron chi connectivity index (χ1n) is 8.93. The molecular formula is C18H21N3O4S. The van der Waals surface area contributed by atoms with Crippen molar-refractivity contribution in [2.75, 3.05) is 20.2 Å². The Morgan fingerprint density at radius 3 is 2.81 bits per heavy atom. The molecule has 3 heterocycles. The van der Waals surface area contributed by atoms with Crippen molar-refractivity contribution in [1.29, 1.82) is 0 Å². The molecule has 0 unspecified atom stereocenters. The summed E-state index contributed by atoms with van der Waals surface area (Å²) in [6.45, 7) is 1.02. The molecule has 2 aromatic rings. The van der Waals surface area contributed by atoms with Gasteiger partial charge in [-0.25, -0.2) is 4.98 Å². The van der Waals surface area contributed by atoms with Gasteiger partial charge in [0.25, 0.3) is 5.56 Å². The largest absolute Gasteiger partial charge is 0.469 e. The highest BCUT2D eigenvalue weighted by Crippen LogP contribution is 2.34. The molecule has 8 heteroatoms. The molecule has 0 aromatic carbocycles. The molecule has 1 aliphatic carbocycles. The second-order valence-electron chi connectivity index (χ2n) is 6.89. The van der Waals surface area contributed by atoms with Gasteiger partial charge in [0.05, 0.1) is 24.7 Å². The fourth-order valence-corrected chi connectivity index (χ4v) is 5.13. The second-order valence-corrected chi connectivity index (χ2v) is 7.98. The number of hydrogen-bond acceptors (Lipinski definition) is 6. The number of ether oxygens (including phenoxy) is 1. The zero-order chi connectivity index (χ0) is 18.3. The number of methoxy groups -OCH3 is 1. The molecule has 0 atom stereocenters. The number of esters is 1. The lowest BCUT2D eigenvalue weighted by molar-refractivity contribution is -0.149. The van der Waals surface area contributed by atoms with Crippen LogP contribution in [0.3, 0.4) is 0 Å². The zero-order valence-corrected chi connectivity index (χ0v) is 15.5. The summed E-state index contributed by atoms with van der Waals surface area (Å²) < 4.78 is 6.19. The highest BCUT2D eigenvalue weighted by Gasteiger charge is 2.28. The van der Waals surface area contributed by atoms with Gasteiger partial charge in [0.2, 0.25) is 5.91 Å². The number of carbonyl (C=O) groups excluding carboxylic acids is 2. The summed E-state index contributed by atoms with van der Waals surface area (Å²) in [7, 11) is 1.39. The number of aromatic nitrogens is 2. The van der Waals surface area contributed by atoms with Gasteiger partial charge in [-0.1, -0.05) is 0 Å². The Morgan fingerprint density at radius 1 is 1.31 bits per heavy atom. The van der Waals surface area contributed by atoms with Gasteiger partial charge in [-0.05, 0) is 37.7 Å². The predicted molar refractivity (Wildman–Crippen MR) is 97.2 cm³/mol. The van der Waals surface area contributed by atoms with Crippen LogP contribution in [0.5, 0.6) is 0 Å². The van der Waals surface area contributed by atoms with Gasteiger partial charge in [-0.2, -0.15) is 0 Å². The maximum atomic E-state index is 12.8. The number of thiophene rings is 1. The molecule has 0 spiro atoms. The molecule has 0 bridgehead atoms. The number of carbonyl (C=O) groups is 2. The van der Waals surface area contributed by atoms with Crippen LogP contribution in [0.4, 0.5) is 0 Å². The van der Waals surface area contributed by atoms with Crippen molar-refractivity contribution in [3.63, 3.8) is 0 Å². The van der Waals surface area contributed by atoms with Crippen LogP contribution in [0.25, 0.3) is 10.2 Å². The van der Waals surface area contributed by atoms with Crippen LogP contribution in [0.2, 0.25) is 0 Å². The van der Waals surface area contributed by atoms with Crippen LogP contribution < -0.4 is 5.56 Å². The Hall–Kier alpha value is -2.22. The van der Waals surface area contributed by atoms with Gasteiger partial charge >= 0.3 is 5.97 Å². The minimum Gasteiger partial charge on any atom is -0.469 e. The average Bonchev–Trinajstić information content (AvgIpc) is 3.24. The summed E-state index contributed by atoms with van der Waals surface area (Å²) in [5.41, 5.74) is 1.01. The molecule has 0 N–H and O–H groups in total. The second kappa shape index (κ2) is 6.83. The van der Waals surface area contributed by atoms with Gasteiger partial charge in [0.1, 0.15) is 11.4 Å². The van der Waals surface area contributed by atoms with E-state index in [1.807, 2.05) is 0 Å². The highest BCUT2D eigenvalue weighted by atomic mass is 32.1. The lowest BCUT2D eigenvalue weighted by Crippen LogP contribution is -2.43. The van der Waals surface area contributed by atoms with Crippen molar-refractivity contribution in [3.05, 3.63) is 27.1 Å². The number of aryl methyl sites for hydroxylation is 2. The first-order chi connectivity index (χ1) is 12.6. The van der Waals surface area contributed by atoms with E-state index in [0.29, 0.717) is 31.3 Å². The summed E-state index contributed by atoms with van der Waals surface area (Å²) in [6, 6.07) is 0. The molecule has 7 nitrogen and oxygen atoms in total. The molecule has 4 rings (SSSR count). The van der Waals surface area contributed by atoms with Crippen molar-refractivity contribution in [2.45, 2.75) is 38.6 Å². The van der Waals surface area contributed by atoms with Crippen molar-refractivity contribution in [2.24, 2.45) is 5.92 Å². The van der Waals surface area contributed by atoms with Crippen LogP contribution in [-0.4, -0.2) is 46.5 Å². The Bertz CT molecular complexity index is 924. The molecule has 1 aliphatic heterocycles. The van der Waals surface area contributed by atoms with E-state index >= 15 is 0 Å². The molecule has 0 saturated carbocycles. The van der Waals surface area contributed by atoms with Gasteiger partial charge in [0, 0.05) is 18.0 Å². The first-order valence-corrected chi connectivity index (χ1v) is 9.75. The average molecular weight is 375 g/mol. The monoisotopic (exact) mass is 375 g/mol. The molecular weight excluding hydrogens is 354 g/mol. The van der Waals surface area contributed by atoms with E-state index in [9.17, 15) is 14.4 Å². The van der Waals surface area contributed by atoms with E-state index in [0.717, 1.165) is 29.7 Å². The number of hydrogen-bond donors (Lipinski definition) is 0. The number of fused-ring (bicyclic) bond motifs is 3. The fraction of sp³-hybridized carbons (Fsp3) is 0.556. The Balaban J connectivity index is 1.49.